The monoisotopic (exact) mass is 372 g/mol. The summed E-state index contributed by atoms with van der Waals surface area (Å²) in [6.45, 7) is 7.58. The molecule has 0 saturated carbocycles. The van der Waals surface area contributed by atoms with Crippen LogP contribution in [0, 0.1) is 12.8 Å². The second kappa shape index (κ2) is 8.74. The number of amides is 2. The molecule has 6 nitrogen and oxygen atoms in total. The van der Waals surface area contributed by atoms with E-state index in [0.29, 0.717) is 6.54 Å². The predicted molar refractivity (Wildman–Crippen MR) is 108 cm³/mol. The van der Waals surface area contributed by atoms with Crippen molar-refractivity contribution >= 4 is 17.5 Å². The minimum absolute atomic E-state index is 0.115. The van der Waals surface area contributed by atoms with E-state index >= 15 is 0 Å². The molecule has 2 aliphatic rings. The summed E-state index contributed by atoms with van der Waals surface area (Å²) in [6.07, 6.45) is 1.71. The minimum atomic E-state index is 0.115. The SMILES string of the molecule is Cc1cccc(N2CCN(C(=O)CN3CCC(C(=O)N(C)C)CC3)CC2)c1. The van der Waals surface area contributed by atoms with Gasteiger partial charge in [0.05, 0.1) is 6.54 Å². The number of benzene rings is 1. The van der Waals surface area contributed by atoms with Gasteiger partial charge in [0.15, 0.2) is 0 Å². The van der Waals surface area contributed by atoms with E-state index in [1.807, 2.05) is 19.0 Å². The summed E-state index contributed by atoms with van der Waals surface area (Å²) >= 11 is 0. The molecule has 0 aromatic heterocycles. The topological polar surface area (TPSA) is 47.1 Å². The van der Waals surface area contributed by atoms with Crippen LogP contribution in [0.5, 0.6) is 0 Å². The van der Waals surface area contributed by atoms with Crippen LogP contribution in [0.4, 0.5) is 5.69 Å². The molecule has 0 atom stereocenters. The molecule has 0 bridgehead atoms. The van der Waals surface area contributed by atoms with E-state index in [9.17, 15) is 9.59 Å². The summed E-state index contributed by atoms with van der Waals surface area (Å²) < 4.78 is 0. The highest BCUT2D eigenvalue weighted by molar-refractivity contribution is 5.79. The third-order valence-electron chi connectivity index (χ3n) is 5.74. The quantitative estimate of drug-likeness (QED) is 0.803. The zero-order valence-electron chi connectivity index (χ0n) is 16.9. The van der Waals surface area contributed by atoms with Crippen LogP contribution in [0.15, 0.2) is 24.3 Å². The number of nitrogens with zero attached hydrogens (tertiary/aromatic N) is 4. The molecule has 0 aliphatic carbocycles. The van der Waals surface area contributed by atoms with Crippen LogP contribution in [0.3, 0.4) is 0 Å². The number of aryl methyl sites for hydroxylation is 1. The highest BCUT2D eigenvalue weighted by atomic mass is 16.2. The van der Waals surface area contributed by atoms with Crippen molar-refractivity contribution in [1.82, 2.24) is 14.7 Å². The van der Waals surface area contributed by atoms with E-state index in [1.165, 1.54) is 11.3 Å². The molecule has 1 aromatic rings. The van der Waals surface area contributed by atoms with Gasteiger partial charge in [0.25, 0.3) is 0 Å². The maximum Gasteiger partial charge on any atom is 0.236 e. The van der Waals surface area contributed by atoms with Crippen LogP contribution in [0.2, 0.25) is 0 Å². The molecule has 3 rings (SSSR count). The Morgan fingerprint density at radius 2 is 1.70 bits per heavy atom. The van der Waals surface area contributed by atoms with Gasteiger partial charge in [-0.15, -0.1) is 0 Å². The molecular weight excluding hydrogens is 340 g/mol. The van der Waals surface area contributed by atoms with Gasteiger partial charge < -0.3 is 14.7 Å². The molecular formula is C21H32N4O2. The lowest BCUT2D eigenvalue weighted by Gasteiger charge is -2.38. The molecule has 2 heterocycles. The van der Waals surface area contributed by atoms with Gasteiger partial charge in [-0.05, 0) is 50.6 Å². The molecule has 0 N–H and O–H groups in total. The lowest BCUT2D eigenvalue weighted by molar-refractivity contribution is -0.135. The minimum Gasteiger partial charge on any atom is -0.368 e. The number of hydrogen-bond donors (Lipinski definition) is 0. The van der Waals surface area contributed by atoms with Crippen LogP contribution >= 0.6 is 0 Å². The summed E-state index contributed by atoms with van der Waals surface area (Å²) in [4.78, 5) is 33.0. The Kier molecular flexibility index (Phi) is 6.37. The average Bonchev–Trinajstić information content (AvgIpc) is 2.68. The van der Waals surface area contributed by atoms with Crippen molar-refractivity contribution in [3.05, 3.63) is 29.8 Å². The molecule has 1 aromatic carbocycles. The Bertz CT molecular complexity index is 660. The van der Waals surface area contributed by atoms with E-state index in [-0.39, 0.29) is 17.7 Å². The van der Waals surface area contributed by atoms with Crippen molar-refractivity contribution in [2.24, 2.45) is 5.92 Å². The van der Waals surface area contributed by atoms with E-state index in [1.54, 1.807) is 4.90 Å². The van der Waals surface area contributed by atoms with Gasteiger partial charge in [0.2, 0.25) is 11.8 Å². The van der Waals surface area contributed by atoms with Crippen LogP contribution in [0.1, 0.15) is 18.4 Å². The number of piperidine rings is 1. The van der Waals surface area contributed by atoms with Gasteiger partial charge in [-0.2, -0.15) is 0 Å². The first-order chi connectivity index (χ1) is 12.9. The van der Waals surface area contributed by atoms with Crippen molar-refractivity contribution in [2.45, 2.75) is 19.8 Å². The van der Waals surface area contributed by atoms with Gasteiger partial charge in [0, 0.05) is 51.9 Å². The largest absolute Gasteiger partial charge is 0.368 e. The summed E-state index contributed by atoms with van der Waals surface area (Å²) in [5.74, 6) is 0.550. The first-order valence-corrected chi connectivity index (χ1v) is 9.97. The Morgan fingerprint density at radius 3 is 2.30 bits per heavy atom. The summed E-state index contributed by atoms with van der Waals surface area (Å²) in [7, 11) is 3.63. The Hall–Kier alpha value is -2.08. The normalized spacial score (nSPS) is 19.2. The van der Waals surface area contributed by atoms with Gasteiger partial charge in [-0.25, -0.2) is 0 Å². The molecule has 0 radical (unpaired) electrons. The first-order valence-electron chi connectivity index (χ1n) is 9.97. The maximum atomic E-state index is 12.7. The number of rotatable bonds is 4. The molecule has 6 heteroatoms. The van der Waals surface area contributed by atoms with Gasteiger partial charge in [-0.3, -0.25) is 14.5 Å². The van der Waals surface area contributed by atoms with E-state index in [4.69, 9.17) is 0 Å². The first kappa shape index (κ1) is 19.7. The Morgan fingerprint density at radius 1 is 1.04 bits per heavy atom. The van der Waals surface area contributed by atoms with Crippen molar-refractivity contribution in [2.75, 3.05) is 64.8 Å². The van der Waals surface area contributed by atoms with E-state index in [0.717, 1.165) is 52.1 Å². The van der Waals surface area contributed by atoms with Crippen molar-refractivity contribution in [3.8, 4) is 0 Å². The molecule has 27 heavy (non-hydrogen) atoms. The van der Waals surface area contributed by atoms with E-state index in [2.05, 4.69) is 41.0 Å². The summed E-state index contributed by atoms with van der Waals surface area (Å²) in [5, 5.41) is 0. The number of likely N-dealkylation sites (tertiary alicyclic amines) is 1. The third-order valence-corrected chi connectivity index (χ3v) is 5.74. The zero-order chi connectivity index (χ0) is 19.4. The molecule has 2 aliphatic heterocycles. The Labute approximate surface area is 162 Å². The standard InChI is InChI=1S/C21H32N4O2/c1-17-5-4-6-19(15-17)24-11-13-25(14-12-24)20(26)16-23-9-7-18(8-10-23)21(27)22(2)3/h4-6,15,18H,7-14,16H2,1-3H3. The highest BCUT2D eigenvalue weighted by Crippen LogP contribution is 2.20. The number of hydrogen-bond acceptors (Lipinski definition) is 4. The molecule has 2 saturated heterocycles. The number of anilines is 1. The molecule has 2 fully saturated rings. The van der Waals surface area contributed by atoms with Crippen molar-refractivity contribution in [3.63, 3.8) is 0 Å². The van der Waals surface area contributed by atoms with Gasteiger partial charge in [-0.1, -0.05) is 12.1 Å². The lowest BCUT2D eigenvalue weighted by Crippen LogP contribution is -2.52. The molecule has 2 amide bonds. The number of carbonyl (C=O) groups excluding carboxylic acids is 2. The smallest absolute Gasteiger partial charge is 0.236 e. The van der Waals surface area contributed by atoms with Crippen LogP contribution in [0.25, 0.3) is 0 Å². The van der Waals surface area contributed by atoms with Crippen molar-refractivity contribution in [1.29, 1.82) is 0 Å². The molecule has 148 valence electrons. The second-order valence-electron chi connectivity index (χ2n) is 7.99. The Balaban J connectivity index is 1.43. The van der Waals surface area contributed by atoms with Crippen LogP contribution < -0.4 is 4.90 Å². The lowest BCUT2D eigenvalue weighted by atomic mass is 9.95. The highest BCUT2D eigenvalue weighted by Gasteiger charge is 2.28. The maximum absolute atomic E-state index is 12.7. The number of carbonyl (C=O) groups is 2. The van der Waals surface area contributed by atoms with Gasteiger partial charge >= 0.3 is 0 Å². The van der Waals surface area contributed by atoms with Crippen LogP contribution in [-0.4, -0.2) is 86.4 Å². The van der Waals surface area contributed by atoms with Crippen molar-refractivity contribution < 1.29 is 9.59 Å². The van der Waals surface area contributed by atoms with Gasteiger partial charge in [0.1, 0.15) is 0 Å². The summed E-state index contributed by atoms with van der Waals surface area (Å²) in [6, 6.07) is 8.55. The fraction of sp³-hybridized carbons (Fsp3) is 0.619. The predicted octanol–water partition coefficient (Wildman–Crippen LogP) is 1.44. The second-order valence-corrected chi connectivity index (χ2v) is 7.99. The fourth-order valence-electron chi connectivity index (χ4n) is 4.03. The number of piperazine rings is 1. The fourth-order valence-corrected chi connectivity index (χ4v) is 4.03. The summed E-state index contributed by atoms with van der Waals surface area (Å²) in [5.41, 5.74) is 2.51. The average molecular weight is 373 g/mol. The zero-order valence-corrected chi connectivity index (χ0v) is 16.9. The van der Waals surface area contributed by atoms with E-state index < -0.39 is 0 Å². The van der Waals surface area contributed by atoms with Crippen LogP contribution in [-0.2, 0) is 9.59 Å². The molecule has 0 spiro atoms. The molecule has 0 unspecified atom stereocenters. The third kappa shape index (κ3) is 5.01.